The minimum atomic E-state index is -0.621. The number of nitrogens with zero attached hydrogens (tertiary/aromatic N) is 2. The molecule has 0 radical (unpaired) electrons. The van der Waals surface area contributed by atoms with Crippen molar-refractivity contribution < 1.29 is 19.1 Å². The Morgan fingerprint density at radius 3 is 2.70 bits per heavy atom. The average molecular weight is 320 g/mol. The van der Waals surface area contributed by atoms with Crippen molar-refractivity contribution in [2.75, 3.05) is 18.5 Å². The maximum absolute atomic E-state index is 13.9. The van der Waals surface area contributed by atoms with Crippen LogP contribution in [-0.2, 0) is 9.59 Å². The number of hydrogen-bond donors (Lipinski definition) is 1. The molecular formula is C17H21FN2O3. The van der Waals surface area contributed by atoms with Crippen molar-refractivity contribution in [1.29, 1.82) is 0 Å². The number of halogens is 1. The molecule has 1 aromatic carbocycles. The van der Waals surface area contributed by atoms with Gasteiger partial charge in [0, 0.05) is 13.6 Å². The highest BCUT2D eigenvalue weighted by Crippen LogP contribution is 2.30. The summed E-state index contributed by atoms with van der Waals surface area (Å²) in [6, 6.07) is 5.56. The van der Waals surface area contributed by atoms with Gasteiger partial charge in [0.2, 0.25) is 11.8 Å². The SMILES string of the molecule is CN(C(=O)C1CCCC1O)C1CCN(c2ccccc2F)C1=O. The Labute approximate surface area is 134 Å². The predicted octanol–water partition coefficient (Wildman–Crippen LogP) is 1.55. The van der Waals surface area contributed by atoms with Crippen LogP contribution in [-0.4, -0.2) is 47.6 Å². The van der Waals surface area contributed by atoms with E-state index in [1.165, 1.54) is 15.9 Å². The normalized spacial score (nSPS) is 27.5. The molecule has 3 unspecified atom stereocenters. The van der Waals surface area contributed by atoms with Gasteiger partial charge in [0.1, 0.15) is 11.9 Å². The van der Waals surface area contributed by atoms with Gasteiger partial charge in [0.15, 0.2) is 0 Å². The molecule has 3 rings (SSSR count). The second-order valence-corrected chi connectivity index (χ2v) is 6.30. The molecule has 2 fully saturated rings. The standard InChI is InChI=1S/C17H21FN2O3/c1-19(16(22)11-5-4-8-15(11)21)14-9-10-20(17(14)23)13-7-3-2-6-12(13)18/h2-3,6-7,11,14-15,21H,4-5,8-10H2,1H3. The Kier molecular flexibility index (Phi) is 4.35. The highest BCUT2D eigenvalue weighted by atomic mass is 19.1. The zero-order valence-electron chi connectivity index (χ0n) is 13.1. The summed E-state index contributed by atoms with van der Waals surface area (Å²) in [5.41, 5.74) is 0.252. The molecule has 6 heteroatoms. The summed E-state index contributed by atoms with van der Waals surface area (Å²) in [7, 11) is 1.60. The third-order valence-electron chi connectivity index (χ3n) is 4.93. The van der Waals surface area contributed by atoms with Crippen LogP contribution in [0.3, 0.4) is 0 Å². The van der Waals surface area contributed by atoms with Crippen molar-refractivity contribution in [3.05, 3.63) is 30.1 Å². The quantitative estimate of drug-likeness (QED) is 0.919. The molecule has 1 aliphatic heterocycles. The van der Waals surface area contributed by atoms with Crippen molar-refractivity contribution in [3.63, 3.8) is 0 Å². The second-order valence-electron chi connectivity index (χ2n) is 6.30. The maximum atomic E-state index is 13.9. The molecule has 0 bridgehead atoms. The summed E-state index contributed by atoms with van der Waals surface area (Å²) in [6.45, 7) is 0.384. The van der Waals surface area contributed by atoms with E-state index < -0.39 is 23.9 Å². The fraction of sp³-hybridized carbons (Fsp3) is 0.529. The van der Waals surface area contributed by atoms with E-state index in [9.17, 15) is 19.1 Å². The van der Waals surface area contributed by atoms with Gasteiger partial charge >= 0.3 is 0 Å². The summed E-state index contributed by atoms with van der Waals surface area (Å²) in [5, 5.41) is 9.89. The van der Waals surface area contributed by atoms with Gasteiger partial charge in [-0.25, -0.2) is 4.39 Å². The molecule has 23 heavy (non-hydrogen) atoms. The van der Waals surface area contributed by atoms with Gasteiger partial charge in [-0.2, -0.15) is 0 Å². The van der Waals surface area contributed by atoms with Gasteiger partial charge in [-0.05, 0) is 37.8 Å². The number of carbonyl (C=O) groups is 2. The molecule has 1 heterocycles. The molecule has 0 spiro atoms. The fourth-order valence-corrected chi connectivity index (χ4v) is 3.58. The van der Waals surface area contributed by atoms with Crippen molar-refractivity contribution >= 4 is 17.5 Å². The number of anilines is 1. The van der Waals surface area contributed by atoms with Gasteiger partial charge < -0.3 is 14.9 Å². The van der Waals surface area contributed by atoms with Crippen LogP contribution in [0.5, 0.6) is 0 Å². The lowest BCUT2D eigenvalue weighted by molar-refractivity contribution is -0.142. The predicted molar refractivity (Wildman–Crippen MR) is 83.3 cm³/mol. The third kappa shape index (κ3) is 2.83. The van der Waals surface area contributed by atoms with Gasteiger partial charge in [-0.15, -0.1) is 0 Å². The van der Waals surface area contributed by atoms with Crippen LogP contribution >= 0.6 is 0 Å². The lowest BCUT2D eigenvalue weighted by Crippen LogP contribution is -2.46. The van der Waals surface area contributed by atoms with E-state index in [-0.39, 0.29) is 17.5 Å². The number of likely N-dealkylation sites (N-methyl/N-ethyl adjacent to an activating group) is 1. The summed E-state index contributed by atoms with van der Waals surface area (Å²) in [6.07, 6.45) is 1.96. The number of carbonyl (C=O) groups excluding carboxylic acids is 2. The molecule has 1 N–H and O–H groups in total. The molecule has 124 valence electrons. The Morgan fingerprint density at radius 2 is 2.04 bits per heavy atom. The number of aliphatic hydroxyl groups is 1. The topological polar surface area (TPSA) is 60.9 Å². The van der Waals surface area contributed by atoms with E-state index in [1.807, 2.05) is 0 Å². The molecule has 2 aliphatic rings. The first-order valence-electron chi connectivity index (χ1n) is 8.01. The Balaban J connectivity index is 1.74. The lowest BCUT2D eigenvalue weighted by atomic mass is 10.0. The van der Waals surface area contributed by atoms with Crippen LogP contribution in [0, 0.1) is 11.7 Å². The first kappa shape index (κ1) is 15.9. The number of para-hydroxylation sites is 1. The molecular weight excluding hydrogens is 299 g/mol. The zero-order chi connectivity index (χ0) is 16.6. The van der Waals surface area contributed by atoms with Gasteiger partial charge in [-0.1, -0.05) is 12.1 Å². The third-order valence-corrected chi connectivity index (χ3v) is 4.93. The number of amides is 2. The van der Waals surface area contributed by atoms with E-state index in [4.69, 9.17) is 0 Å². The first-order chi connectivity index (χ1) is 11.0. The van der Waals surface area contributed by atoms with Crippen LogP contribution < -0.4 is 4.90 Å². The Bertz CT molecular complexity index is 622. The molecule has 1 saturated carbocycles. The molecule has 0 aromatic heterocycles. The number of hydrogen-bond acceptors (Lipinski definition) is 3. The molecule has 1 aliphatic carbocycles. The van der Waals surface area contributed by atoms with E-state index in [0.29, 0.717) is 25.8 Å². The first-order valence-corrected chi connectivity index (χ1v) is 8.01. The summed E-state index contributed by atoms with van der Waals surface area (Å²) in [5.74, 6) is -1.32. The van der Waals surface area contributed by atoms with E-state index >= 15 is 0 Å². The van der Waals surface area contributed by atoms with Crippen molar-refractivity contribution in [2.24, 2.45) is 5.92 Å². The number of aliphatic hydroxyl groups excluding tert-OH is 1. The largest absolute Gasteiger partial charge is 0.392 e. The number of benzene rings is 1. The zero-order valence-corrected chi connectivity index (χ0v) is 13.1. The second kappa shape index (κ2) is 6.28. The smallest absolute Gasteiger partial charge is 0.249 e. The van der Waals surface area contributed by atoms with Crippen molar-refractivity contribution in [1.82, 2.24) is 4.90 Å². The molecule has 5 nitrogen and oxygen atoms in total. The van der Waals surface area contributed by atoms with E-state index in [1.54, 1.807) is 25.2 Å². The minimum absolute atomic E-state index is 0.191. The molecule has 3 atom stereocenters. The fourth-order valence-electron chi connectivity index (χ4n) is 3.58. The maximum Gasteiger partial charge on any atom is 0.249 e. The molecule has 2 amide bonds. The average Bonchev–Trinajstić information content (AvgIpc) is 3.12. The van der Waals surface area contributed by atoms with E-state index in [0.717, 1.165) is 6.42 Å². The monoisotopic (exact) mass is 320 g/mol. The van der Waals surface area contributed by atoms with Crippen LogP contribution in [0.25, 0.3) is 0 Å². The van der Waals surface area contributed by atoms with Crippen LogP contribution in [0.2, 0.25) is 0 Å². The van der Waals surface area contributed by atoms with Crippen LogP contribution in [0.4, 0.5) is 10.1 Å². The lowest BCUT2D eigenvalue weighted by Gasteiger charge is -2.27. The summed E-state index contributed by atoms with van der Waals surface area (Å²) < 4.78 is 13.9. The molecule has 1 aromatic rings. The van der Waals surface area contributed by atoms with Gasteiger partial charge in [0.25, 0.3) is 0 Å². The van der Waals surface area contributed by atoms with Crippen LogP contribution in [0.1, 0.15) is 25.7 Å². The van der Waals surface area contributed by atoms with Crippen molar-refractivity contribution in [2.45, 2.75) is 37.8 Å². The highest BCUT2D eigenvalue weighted by Gasteiger charge is 2.41. The number of rotatable bonds is 3. The Hall–Kier alpha value is -1.95. The van der Waals surface area contributed by atoms with E-state index in [2.05, 4.69) is 0 Å². The van der Waals surface area contributed by atoms with Gasteiger partial charge in [0.05, 0.1) is 17.7 Å². The van der Waals surface area contributed by atoms with Gasteiger partial charge in [-0.3, -0.25) is 9.59 Å². The summed E-state index contributed by atoms with van der Waals surface area (Å²) >= 11 is 0. The Morgan fingerprint density at radius 1 is 1.30 bits per heavy atom. The highest BCUT2D eigenvalue weighted by molar-refractivity contribution is 6.01. The van der Waals surface area contributed by atoms with Crippen molar-refractivity contribution in [3.8, 4) is 0 Å². The summed E-state index contributed by atoms with van der Waals surface area (Å²) in [4.78, 5) is 28.0. The van der Waals surface area contributed by atoms with Crippen LogP contribution in [0.15, 0.2) is 24.3 Å². The minimum Gasteiger partial charge on any atom is -0.392 e. The molecule has 1 saturated heterocycles.